The van der Waals surface area contributed by atoms with Gasteiger partial charge in [-0.15, -0.1) is 0 Å². The van der Waals surface area contributed by atoms with Crippen LogP contribution in [0.2, 0.25) is 0 Å². The molecular weight excluding hydrogens is 199 g/mol. The molecule has 0 atom stereocenters. The van der Waals surface area contributed by atoms with Crippen molar-refractivity contribution in [3.05, 3.63) is 42.2 Å². The molecule has 0 aliphatic rings. The smallest absolute Gasteiger partial charge is 0.234 e. The molecule has 5 heteroatoms. The average Bonchev–Trinajstić information content (AvgIpc) is 2.63. The summed E-state index contributed by atoms with van der Waals surface area (Å²) in [7, 11) is 0. The fourth-order valence-electron chi connectivity index (χ4n) is 1.09. The Bertz CT molecular complexity index is 456. The molecule has 2 rings (SSSR count). The molecule has 0 radical (unpaired) electrons. The molecule has 2 aromatic rings. The standard InChI is InChI=1S/C10H9FN2O2/c11-7-3-1-2-4-8(7)14-6-10-13-9(12)5-15-10/h1-5H,6,12H2. The normalized spacial score (nSPS) is 10.2. The van der Waals surface area contributed by atoms with E-state index in [1.165, 1.54) is 18.4 Å². The molecule has 0 spiro atoms. The molecule has 4 nitrogen and oxygen atoms in total. The van der Waals surface area contributed by atoms with Gasteiger partial charge in [0.2, 0.25) is 5.89 Å². The zero-order valence-corrected chi connectivity index (χ0v) is 7.81. The fraction of sp³-hybridized carbons (Fsp3) is 0.100. The first-order valence-corrected chi connectivity index (χ1v) is 4.33. The van der Waals surface area contributed by atoms with E-state index in [0.29, 0.717) is 5.89 Å². The monoisotopic (exact) mass is 208 g/mol. The zero-order chi connectivity index (χ0) is 10.7. The van der Waals surface area contributed by atoms with Gasteiger partial charge in [0.25, 0.3) is 0 Å². The third-order valence-corrected chi connectivity index (χ3v) is 1.76. The molecule has 15 heavy (non-hydrogen) atoms. The predicted octanol–water partition coefficient (Wildman–Crippen LogP) is 1.97. The summed E-state index contributed by atoms with van der Waals surface area (Å²) in [5.74, 6) is 0.337. The molecular formula is C10H9FN2O2. The highest BCUT2D eigenvalue weighted by Crippen LogP contribution is 2.17. The van der Waals surface area contributed by atoms with Gasteiger partial charge in [-0.2, -0.15) is 4.98 Å². The molecule has 2 N–H and O–H groups in total. The third kappa shape index (κ3) is 2.25. The van der Waals surface area contributed by atoms with Crippen molar-refractivity contribution in [3.63, 3.8) is 0 Å². The molecule has 0 fully saturated rings. The van der Waals surface area contributed by atoms with Crippen LogP contribution in [0.1, 0.15) is 5.89 Å². The van der Waals surface area contributed by atoms with Crippen molar-refractivity contribution in [2.75, 3.05) is 5.73 Å². The Balaban J connectivity index is 2.02. The molecule has 0 aliphatic carbocycles. The van der Waals surface area contributed by atoms with Crippen LogP contribution in [0.15, 0.2) is 34.9 Å². The number of aromatic nitrogens is 1. The van der Waals surface area contributed by atoms with Gasteiger partial charge in [0.15, 0.2) is 24.0 Å². The summed E-state index contributed by atoms with van der Waals surface area (Å²) in [6, 6.07) is 6.12. The van der Waals surface area contributed by atoms with E-state index >= 15 is 0 Å². The first-order valence-electron chi connectivity index (χ1n) is 4.33. The number of nitrogen functional groups attached to an aromatic ring is 1. The van der Waals surface area contributed by atoms with Crippen LogP contribution in [0.25, 0.3) is 0 Å². The molecule has 0 aliphatic heterocycles. The zero-order valence-electron chi connectivity index (χ0n) is 7.81. The second-order valence-electron chi connectivity index (χ2n) is 2.89. The number of anilines is 1. The predicted molar refractivity (Wildman–Crippen MR) is 51.6 cm³/mol. The maximum Gasteiger partial charge on any atom is 0.234 e. The molecule has 0 saturated carbocycles. The third-order valence-electron chi connectivity index (χ3n) is 1.76. The second kappa shape index (κ2) is 4.00. The first-order chi connectivity index (χ1) is 7.25. The highest BCUT2D eigenvalue weighted by Gasteiger charge is 2.05. The van der Waals surface area contributed by atoms with E-state index in [9.17, 15) is 4.39 Å². The van der Waals surface area contributed by atoms with Crippen LogP contribution >= 0.6 is 0 Å². The minimum absolute atomic E-state index is 0.0537. The van der Waals surface area contributed by atoms with Gasteiger partial charge in [-0.1, -0.05) is 12.1 Å². The minimum Gasteiger partial charge on any atom is -0.481 e. The number of halogens is 1. The molecule has 0 bridgehead atoms. The van der Waals surface area contributed by atoms with Crippen LogP contribution in [0.3, 0.4) is 0 Å². The fourth-order valence-corrected chi connectivity index (χ4v) is 1.09. The lowest BCUT2D eigenvalue weighted by Crippen LogP contribution is -1.97. The van der Waals surface area contributed by atoms with Gasteiger partial charge in [-0.05, 0) is 12.1 Å². The molecule has 1 aromatic carbocycles. The number of hydrogen-bond acceptors (Lipinski definition) is 4. The van der Waals surface area contributed by atoms with Crippen LogP contribution in [0.4, 0.5) is 10.2 Å². The van der Waals surface area contributed by atoms with Crippen molar-refractivity contribution in [1.82, 2.24) is 4.98 Å². The van der Waals surface area contributed by atoms with Gasteiger partial charge in [0.05, 0.1) is 0 Å². The van der Waals surface area contributed by atoms with E-state index < -0.39 is 5.82 Å². The number of nitrogens with two attached hydrogens (primary N) is 1. The van der Waals surface area contributed by atoms with E-state index in [1.807, 2.05) is 0 Å². The number of benzene rings is 1. The number of rotatable bonds is 3. The number of hydrogen-bond donors (Lipinski definition) is 1. The summed E-state index contributed by atoms with van der Waals surface area (Å²) in [6.07, 6.45) is 1.31. The van der Waals surface area contributed by atoms with Crippen LogP contribution in [-0.4, -0.2) is 4.98 Å². The molecule has 78 valence electrons. The number of ether oxygens (including phenoxy) is 1. The highest BCUT2D eigenvalue weighted by atomic mass is 19.1. The molecule has 1 heterocycles. The lowest BCUT2D eigenvalue weighted by Gasteiger charge is -2.03. The molecule has 0 saturated heterocycles. The number of para-hydroxylation sites is 1. The van der Waals surface area contributed by atoms with Crippen molar-refractivity contribution in [1.29, 1.82) is 0 Å². The SMILES string of the molecule is Nc1coc(COc2ccccc2F)n1. The second-order valence-corrected chi connectivity index (χ2v) is 2.89. The van der Waals surface area contributed by atoms with Gasteiger partial charge in [-0.25, -0.2) is 4.39 Å². The van der Waals surface area contributed by atoms with Crippen molar-refractivity contribution in [2.24, 2.45) is 0 Å². The van der Waals surface area contributed by atoms with E-state index in [2.05, 4.69) is 4.98 Å². The van der Waals surface area contributed by atoms with Gasteiger partial charge < -0.3 is 14.9 Å². The minimum atomic E-state index is -0.419. The topological polar surface area (TPSA) is 61.3 Å². The summed E-state index contributed by atoms with van der Waals surface area (Å²) in [5, 5.41) is 0. The van der Waals surface area contributed by atoms with Crippen LogP contribution in [-0.2, 0) is 6.61 Å². The number of oxazole rings is 1. The van der Waals surface area contributed by atoms with Gasteiger partial charge >= 0.3 is 0 Å². The van der Waals surface area contributed by atoms with Gasteiger partial charge in [0, 0.05) is 0 Å². The Morgan fingerprint density at radius 2 is 2.20 bits per heavy atom. The summed E-state index contributed by atoms with van der Waals surface area (Å²) >= 11 is 0. The van der Waals surface area contributed by atoms with E-state index in [4.69, 9.17) is 14.9 Å². The molecule has 0 unspecified atom stereocenters. The average molecular weight is 208 g/mol. The first kappa shape index (κ1) is 9.51. The maximum atomic E-state index is 13.1. The van der Waals surface area contributed by atoms with Crippen LogP contribution < -0.4 is 10.5 Å². The Morgan fingerprint density at radius 3 is 2.87 bits per heavy atom. The Hall–Kier alpha value is -2.04. The Kier molecular flexibility index (Phi) is 2.53. The van der Waals surface area contributed by atoms with Crippen LogP contribution in [0, 0.1) is 5.82 Å². The Labute approximate surface area is 85.5 Å². The van der Waals surface area contributed by atoms with Crippen molar-refractivity contribution in [3.8, 4) is 5.75 Å². The summed E-state index contributed by atoms with van der Waals surface area (Å²) in [6.45, 7) is 0.0537. The van der Waals surface area contributed by atoms with Crippen molar-refractivity contribution < 1.29 is 13.5 Å². The van der Waals surface area contributed by atoms with Crippen molar-refractivity contribution >= 4 is 5.82 Å². The largest absolute Gasteiger partial charge is 0.481 e. The summed E-state index contributed by atoms with van der Waals surface area (Å²) in [5.41, 5.74) is 5.34. The quantitative estimate of drug-likeness (QED) is 0.837. The van der Waals surface area contributed by atoms with E-state index in [-0.39, 0.29) is 18.2 Å². The van der Waals surface area contributed by atoms with E-state index in [0.717, 1.165) is 0 Å². The lowest BCUT2D eigenvalue weighted by atomic mass is 10.3. The molecule has 0 amide bonds. The lowest BCUT2D eigenvalue weighted by molar-refractivity contribution is 0.252. The summed E-state index contributed by atoms with van der Waals surface area (Å²) < 4.78 is 23.2. The van der Waals surface area contributed by atoms with Crippen LogP contribution in [0.5, 0.6) is 5.75 Å². The Morgan fingerprint density at radius 1 is 1.40 bits per heavy atom. The maximum absolute atomic E-state index is 13.1. The summed E-state index contributed by atoms with van der Waals surface area (Å²) in [4.78, 5) is 3.82. The number of nitrogens with zero attached hydrogens (tertiary/aromatic N) is 1. The molecule has 1 aromatic heterocycles. The van der Waals surface area contributed by atoms with E-state index in [1.54, 1.807) is 12.1 Å². The van der Waals surface area contributed by atoms with Gasteiger partial charge in [0.1, 0.15) is 6.26 Å². The van der Waals surface area contributed by atoms with Crippen molar-refractivity contribution in [2.45, 2.75) is 6.61 Å². The highest BCUT2D eigenvalue weighted by molar-refractivity contribution is 5.24. The van der Waals surface area contributed by atoms with Gasteiger partial charge in [-0.3, -0.25) is 0 Å².